The van der Waals surface area contributed by atoms with Crippen LogP contribution in [-0.4, -0.2) is 48.7 Å². The molecule has 0 fully saturated rings. The predicted molar refractivity (Wildman–Crippen MR) is 55.0 cm³/mol. The van der Waals surface area contributed by atoms with Crippen LogP contribution in [0.3, 0.4) is 0 Å². The number of carboxylic acid groups (broad SMARTS) is 1. The molecule has 1 aromatic heterocycles. The Morgan fingerprint density at radius 2 is 2.11 bits per heavy atom. The van der Waals surface area contributed by atoms with Crippen LogP contribution in [0.4, 0.5) is 8.78 Å². The Hall–Kier alpha value is -1.52. The second kappa shape index (κ2) is 5.00. The third kappa shape index (κ3) is 3.48. The maximum atomic E-state index is 12.7. The molecule has 0 saturated carbocycles. The summed E-state index contributed by atoms with van der Waals surface area (Å²) in [6.45, 7) is -2.78. The van der Waals surface area contributed by atoms with E-state index in [1.165, 1.54) is 0 Å². The van der Waals surface area contributed by atoms with Gasteiger partial charge >= 0.3 is 5.97 Å². The Balaban J connectivity index is 2.83. The number of alkyl halides is 2. The molecule has 0 amide bonds. The lowest BCUT2D eigenvalue weighted by molar-refractivity contribution is -0.0437. The Labute approximate surface area is 100 Å². The van der Waals surface area contributed by atoms with Gasteiger partial charge in [-0.2, -0.15) is 0 Å². The lowest BCUT2D eigenvalue weighted by atomic mass is 10.4. The van der Waals surface area contributed by atoms with E-state index in [1.54, 1.807) is 4.72 Å². The zero-order valence-electron chi connectivity index (χ0n) is 8.85. The van der Waals surface area contributed by atoms with Gasteiger partial charge in [-0.05, 0) is 6.07 Å². The normalized spacial score (nSPS) is 12.6. The van der Waals surface area contributed by atoms with Crippen molar-refractivity contribution in [2.45, 2.75) is 10.8 Å². The van der Waals surface area contributed by atoms with E-state index in [0.717, 1.165) is 12.3 Å². The number of rotatable bonds is 6. The average molecular weight is 284 g/mol. The molecule has 0 aliphatic carbocycles. The molecule has 0 atom stereocenters. The number of sulfonamides is 1. The fourth-order valence-electron chi connectivity index (χ4n) is 0.993. The fourth-order valence-corrected chi connectivity index (χ4v) is 2.05. The van der Waals surface area contributed by atoms with Crippen LogP contribution in [0, 0.1) is 0 Å². The second-order valence-electron chi connectivity index (χ2n) is 3.39. The number of nitrogens with one attached hydrogen (secondary N) is 2. The quantitative estimate of drug-likeness (QED) is 0.567. The van der Waals surface area contributed by atoms with Crippen LogP contribution < -0.4 is 4.72 Å². The summed E-state index contributed by atoms with van der Waals surface area (Å²) in [5.74, 6) is -4.96. The molecule has 1 rings (SSSR count). The first-order chi connectivity index (χ1) is 8.18. The van der Waals surface area contributed by atoms with Crippen LogP contribution in [0.25, 0.3) is 0 Å². The molecule has 0 saturated heterocycles. The summed E-state index contributed by atoms with van der Waals surface area (Å²) in [6, 6.07) is 0.793. The maximum absolute atomic E-state index is 12.7. The number of carbonyl (C=O) groups is 1. The molecule has 0 bridgehead atoms. The summed E-state index contributed by atoms with van der Waals surface area (Å²) in [7, 11) is -4.25. The monoisotopic (exact) mass is 284 g/mol. The molecule has 0 aliphatic heterocycles. The molecule has 1 heterocycles. The second-order valence-corrected chi connectivity index (χ2v) is 5.16. The van der Waals surface area contributed by atoms with E-state index in [0.29, 0.717) is 0 Å². The van der Waals surface area contributed by atoms with E-state index in [4.69, 9.17) is 10.2 Å². The third-order valence-corrected chi connectivity index (χ3v) is 3.33. The number of hydrogen-bond acceptors (Lipinski definition) is 4. The van der Waals surface area contributed by atoms with Crippen molar-refractivity contribution >= 4 is 16.0 Å². The SMILES string of the molecule is O=C(O)c1cc(S(=O)(=O)NCC(F)(F)CO)c[nH]1. The number of H-pyrrole nitrogens is 1. The number of aromatic amines is 1. The van der Waals surface area contributed by atoms with E-state index in [2.05, 4.69) is 4.98 Å². The van der Waals surface area contributed by atoms with Crippen molar-refractivity contribution in [1.29, 1.82) is 0 Å². The van der Waals surface area contributed by atoms with Gasteiger partial charge in [0, 0.05) is 6.20 Å². The van der Waals surface area contributed by atoms with Crippen molar-refractivity contribution in [3.8, 4) is 0 Å². The van der Waals surface area contributed by atoms with Crippen molar-refractivity contribution < 1.29 is 32.2 Å². The van der Waals surface area contributed by atoms with Gasteiger partial charge in [0.2, 0.25) is 10.0 Å². The van der Waals surface area contributed by atoms with E-state index in [-0.39, 0.29) is 5.69 Å². The van der Waals surface area contributed by atoms with Gasteiger partial charge in [0.15, 0.2) is 0 Å². The van der Waals surface area contributed by atoms with Gasteiger partial charge in [-0.15, -0.1) is 0 Å². The third-order valence-electron chi connectivity index (χ3n) is 1.95. The van der Waals surface area contributed by atoms with Crippen molar-refractivity contribution in [1.82, 2.24) is 9.71 Å². The van der Waals surface area contributed by atoms with Crippen LogP contribution in [0.15, 0.2) is 17.2 Å². The summed E-state index contributed by atoms with van der Waals surface area (Å²) < 4.78 is 49.9. The highest BCUT2D eigenvalue weighted by atomic mass is 32.2. The summed E-state index contributed by atoms with van der Waals surface area (Å²) in [5, 5.41) is 16.8. The number of aromatic nitrogens is 1. The number of halogens is 2. The molecule has 0 aromatic carbocycles. The van der Waals surface area contributed by atoms with E-state index < -0.39 is 40.0 Å². The standard InChI is InChI=1S/C8H10F2N2O5S/c9-8(10,4-13)3-12-18(16,17)5-1-6(7(14)15)11-2-5/h1-2,11-13H,3-4H2,(H,14,15). The zero-order valence-corrected chi connectivity index (χ0v) is 9.67. The summed E-state index contributed by atoms with van der Waals surface area (Å²) in [6.07, 6.45) is 0.864. The molecule has 102 valence electrons. The topological polar surface area (TPSA) is 119 Å². The van der Waals surface area contributed by atoms with Crippen LogP contribution in [0.1, 0.15) is 10.5 Å². The molecule has 7 nitrogen and oxygen atoms in total. The molecule has 0 unspecified atom stereocenters. The number of aliphatic hydroxyl groups excluding tert-OH is 1. The van der Waals surface area contributed by atoms with E-state index in [1.807, 2.05) is 0 Å². The summed E-state index contributed by atoms with van der Waals surface area (Å²) >= 11 is 0. The van der Waals surface area contributed by atoms with Gasteiger partial charge < -0.3 is 15.2 Å². The van der Waals surface area contributed by atoms with Gasteiger partial charge in [0.25, 0.3) is 5.92 Å². The van der Waals surface area contributed by atoms with Gasteiger partial charge in [-0.1, -0.05) is 0 Å². The molecule has 0 spiro atoms. The van der Waals surface area contributed by atoms with Gasteiger partial charge in [0.1, 0.15) is 17.2 Å². The molecular formula is C8H10F2N2O5S. The molecule has 0 aliphatic rings. The van der Waals surface area contributed by atoms with Crippen LogP contribution in [0.5, 0.6) is 0 Å². The molecular weight excluding hydrogens is 274 g/mol. The minimum atomic E-state index is -4.25. The predicted octanol–water partition coefficient (Wildman–Crippen LogP) is -0.381. The maximum Gasteiger partial charge on any atom is 0.352 e. The molecule has 10 heteroatoms. The van der Waals surface area contributed by atoms with Crippen LogP contribution >= 0.6 is 0 Å². The van der Waals surface area contributed by atoms with Gasteiger partial charge in [0.05, 0.1) is 6.54 Å². The Morgan fingerprint density at radius 1 is 1.50 bits per heavy atom. The van der Waals surface area contributed by atoms with E-state index >= 15 is 0 Å². The number of aromatic carboxylic acids is 1. The van der Waals surface area contributed by atoms with Crippen LogP contribution in [0.2, 0.25) is 0 Å². The minimum absolute atomic E-state index is 0.385. The van der Waals surface area contributed by atoms with Crippen molar-refractivity contribution in [2.75, 3.05) is 13.2 Å². The van der Waals surface area contributed by atoms with Gasteiger partial charge in [-0.25, -0.2) is 26.7 Å². The minimum Gasteiger partial charge on any atom is -0.477 e. The molecule has 0 radical (unpaired) electrons. The highest BCUT2D eigenvalue weighted by molar-refractivity contribution is 7.89. The molecule has 18 heavy (non-hydrogen) atoms. The van der Waals surface area contributed by atoms with Crippen LogP contribution in [-0.2, 0) is 10.0 Å². The van der Waals surface area contributed by atoms with Gasteiger partial charge in [-0.3, -0.25) is 0 Å². The highest BCUT2D eigenvalue weighted by Crippen LogP contribution is 2.14. The lowest BCUT2D eigenvalue weighted by Gasteiger charge is -2.13. The first-order valence-electron chi connectivity index (χ1n) is 4.58. The zero-order chi connectivity index (χ0) is 14.0. The number of hydrogen-bond donors (Lipinski definition) is 4. The average Bonchev–Trinajstić information content (AvgIpc) is 2.77. The number of carboxylic acids is 1. The van der Waals surface area contributed by atoms with Crippen molar-refractivity contribution in [3.63, 3.8) is 0 Å². The fraction of sp³-hybridized carbons (Fsp3) is 0.375. The Kier molecular flexibility index (Phi) is 4.04. The van der Waals surface area contributed by atoms with Crippen molar-refractivity contribution in [2.24, 2.45) is 0 Å². The molecule has 4 N–H and O–H groups in total. The van der Waals surface area contributed by atoms with Crippen molar-refractivity contribution in [3.05, 3.63) is 18.0 Å². The van der Waals surface area contributed by atoms with E-state index in [9.17, 15) is 22.0 Å². The largest absolute Gasteiger partial charge is 0.477 e. The summed E-state index contributed by atoms with van der Waals surface area (Å²) in [5.41, 5.74) is -0.385. The smallest absolute Gasteiger partial charge is 0.352 e. The Bertz CT molecular complexity index is 539. The summed E-state index contributed by atoms with van der Waals surface area (Å²) in [4.78, 5) is 12.2. The molecule has 1 aromatic rings. The lowest BCUT2D eigenvalue weighted by Crippen LogP contribution is -2.38. The first-order valence-corrected chi connectivity index (χ1v) is 6.06. The Morgan fingerprint density at radius 3 is 2.56 bits per heavy atom. The number of aliphatic hydroxyl groups is 1. The highest BCUT2D eigenvalue weighted by Gasteiger charge is 2.30. The first kappa shape index (κ1) is 14.5.